The lowest BCUT2D eigenvalue weighted by atomic mass is 10.1. The zero-order valence-electron chi connectivity index (χ0n) is 15.5. The van der Waals surface area contributed by atoms with Crippen molar-refractivity contribution < 1.29 is 13.2 Å². The van der Waals surface area contributed by atoms with Crippen molar-refractivity contribution in [3.63, 3.8) is 0 Å². The molecular weight excluding hydrogens is 350 g/mol. The van der Waals surface area contributed by atoms with Crippen LogP contribution in [0.4, 0.5) is 5.69 Å². The van der Waals surface area contributed by atoms with E-state index in [0.717, 1.165) is 16.7 Å². The van der Waals surface area contributed by atoms with Crippen molar-refractivity contribution in [3.05, 3.63) is 59.2 Å². The zero-order chi connectivity index (χ0) is 19.3. The molecule has 1 amide bonds. The number of anilines is 1. The molecule has 0 radical (unpaired) electrons. The van der Waals surface area contributed by atoms with Crippen molar-refractivity contribution in [1.29, 1.82) is 0 Å². The first-order valence-electron chi connectivity index (χ1n) is 8.30. The summed E-state index contributed by atoms with van der Waals surface area (Å²) in [5.74, 6) is -0.160. The molecular formula is C19H25N3O3S. The van der Waals surface area contributed by atoms with Crippen LogP contribution >= 0.6 is 0 Å². The first-order chi connectivity index (χ1) is 12.2. The van der Waals surface area contributed by atoms with Gasteiger partial charge in [-0.2, -0.15) is 0 Å². The number of carbonyl (C=O) groups excluding carboxylic acids is 1. The lowest BCUT2D eigenvalue weighted by Gasteiger charge is -2.17. The second kappa shape index (κ2) is 8.33. The highest BCUT2D eigenvalue weighted by Crippen LogP contribution is 2.25. The van der Waals surface area contributed by atoms with E-state index in [2.05, 4.69) is 10.6 Å². The Labute approximate surface area is 155 Å². The Morgan fingerprint density at radius 1 is 1.08 bits per heavy atom. The molecule has 7 heteroatoms. The Morgan fingerprint density at radius 3 is 2.35 bits per heavy atom. The highest BCUT2D eigenvalue weighted by Gasteiger charge is 2.19. The van der Waals surface area contributed by atoms with Gasteiger partial charge >= 0.3 is 0 Å². The molecule has 0 atom stereocenters. The number of nitrogens with zero attached hydrogens (tertiary/aromatic N) is 1. The lowest BCUT2D eigenvalue weighted by molar-refractivity contribution is -0.119. The molecule has 0 aliphatic carbocycles. The van der Waals surface area contributed by atoms with Crippen LogP contribution in [0.1, 0.15) is 16.7 Å². The molecule has 2 N–H and O–H groups in total. The van der Waals surface area contributed by atoms with E-state index in [1.165, 1.54) is 18.4 Å². The summed E-state index contributed by atoms with van der Waals surface area (Å²) in [5, 5.41) is 5.88. The van der Waals surface area contributed by atoms with Crippen LogP contribution in [-0.4, -0.2) is 39.3 Å². The Bertz CT molecular complexity index is 878. The fourth-order valence-corrected chi connectivity index (χ4v) is 3.42. The molecule has 0 aromatic heterocycles. The summed E-state index contributed by atoms with van der Waals surface area (Å²) in [6.07, 6.45) is 0. The van der Waals surface area contributed by atoms with Crippen LogP contribution in [0.15, 0.2) is 47.4 Å². The Balaban J connectivity index is 2.07. The predicted octanol–water partition coefficient (Wildman–Crippen LogP) is 2.28. The number of carbonyl (C=O) groups is 1. The minimum atomic E-state index is -3.53. The van der Waals surface area contributed by atoms with E-state index in [0.29, 0.717) is 12.2 Å². The van der Waals surface area contributed by atoms with Crippen LogP contribution in [0.25, 0.3) is 0 Å². The van der Waals surface area contributed by atoms with E-state index in [4.69, 9.17) is 0 Å². The average Bonchev–Trinajstić information content (AvgIpc) is 2.61. The molecule has 140 valence electrons. The van der Waals surface area contributed by atoms with Gasteiger partial charge in [0.05, 0.1) is 11.4 Å². The summed E-state index contributed by atoms with van der Waals surface area (Å²) in [6.45, 7) is 4.27. The molecule has 2 aromatic carbocycles. The van der Waals surface area contributed by atoms with Crippen molar-refractivity contribution >= 4 is 21.6 Å². The molecule has 0 aliphatic rings. The van der Waals surface area contributed by atoms with Gasteiger partial charge < -0.3 is 10.6 Å². The molecule has 0 saturated carbocycles. The van der Waals surface area contributed by atoms with Gasteiger partial charge in [-0.1, -0.05) is 30.3 Å². The van der Waals surface area contributed by atoms with Crippen LogP contribution < -0.4 is 10.6 Å². The molecule has 6 nitrogen and oxygen atoms in total. The van der Waals surface area contributed by atoms with Gasteiger partial charge in [-0.05, 0) is 42.7 Å². The van der Waals surface area contributed by atoms with E-state index >= 15 is 0 Å². The lowest BCUT2D eigenvalue weighted by Crippen LogP contribution is -2.29. The van der Waals surface area contributed by atoms with E-state index < -0.39 is 10.0 Å². The van der Waals surface area contributed by atoms with Crippen LogP contribution in [0.2, 0.25) is 0 Å². The Hall–Kier alpha value is -2.38. The van der Waals surface area contributed by atoms with Gasteiger partial charge in [0.2, 0.25) is 15.9 Å². The number of benzene rings is 2. The van der Waals surface area contributed by atoms with Gasteiger partial charge in [0, 0.05) is 26.3 Å². The topological polar surface area (TPSA) is 78.5 Å². The smallest absolute Gasteiger partial charge is 0.242 e. The zero-order valence-corrected chi connectivity index (χ0v) is 16.4. The van der Waals surface area contributed by atoms with Gasteiger partial charge in [-0.3, -0.25) is 4.79 Å². The quantitative estimate of drug-likeness (QED) is 0.778. The molecule has 2 aromatic rings. The summed E-state index contributed by atoms with van der Waals surface area (Å²) in [5.41, 5.74) is 3.42. The summed E-state index contributed by atoms with van der Waals surface area (Å²) < 4.78 is 25.9. The number of hydrogen-bond donors (Lipinski definition) is 2. The fourth-order valence-electron chi connectivity index (χ4n) is 2.40. The standard InChI is InChI=1S/C19H25N3O3S/c1-14-10-17(26(24,25)22(3)4)11-18(15(14)2)20-13-19(23)21-12-16-8-6-5-7-9-16/h5-11,20H,12-13H2,1-4H3,(H,21,23). The van der Waals surface area contributed by atoms with Crippen molar-refractivity contribution in [2.24, 2.45) is 0 Å². The maximum Gasteiger partial charge on any atom is 0.242 e. The van der Waals surface area contributed by atoms with E-state index in [1.807, 2.05) is 44.2 Å². The van der Waals surface area contributed by atoms with Crippen molar-refractivity contribution in [1.82, 2.24) is 9.62 Å². The highest BCUT2D eigenvalue weighted by atomic mass is 32.2. The molecule has 2 rings (SSSR count). The molecule has 0 bridgehead atoms. The number of rotatable bonds is 7. The molecule has 0 unspecified atom stereocenters. The van der Waals surface area contributed by atoms with Gasteiger partial charge in [-0.25, -0.2) is 12.7 Å². The third kappa shape index (κ3) is 4.83. The monoisotopic (exact) mass is 375 g/mol. The maximum absolute atomic E-state index is 12.4. The molecule has 0 saturated heterocycles. The largest absolute Gasteiger partial charge is 0.376 e. The van der Waals surface area contributed by atoms with Crippen LogP contribution in [0, 0.1) is 13.8 Å². The third-order valence-electron chi connectivity index (χ3n) is 4.19. The third-order valence-corrected chi connectivity index (χ3v) is 5.98. The Morgan fingerprint density at radius 2 is 1.73 bits per heavy atom. The minimum absolute atomic E-state index is 0.0680. The van der Waals surface area contributed by atoms with Crippen molar-refractivity contribution in [2.45, 2.75) is 25.3 Å². The van der Waals surface area contributed by atoms with Gasteiger partial charge in [0.15, 0.2) is 0 Å². The molecule has 0 aliphatic heterocycles. The minimum Gasteiger partial charge on any atom is -0.376 e. The van der Waals surface area contributed by atoms with E-state index in [9.17, 15) is 13.2 Å². The second-order valence-electron chi connectivity index (χ2n) is 6.32. The molecule has 26 heavy (non-hydrogen) atoms. The Kier molecular flexibility index (Phi) is 6.39. The van der Waals surface area contributed by atoms with Crippen molar-refractivity contribution in [2.75, 3.05) is 26.0 Å². The first kappa shape index (κ1) is 19.9. The SMILES string of the molecule is Cc1cc(S(=O)(=O)N(C)C)cc(NCC(=O)NCc2ccccc2)c1C. The summed E-state index contributed by atoms with van der Waals surface area (Å²) in [4.78, 5) is 12.3. The number of hydrogen-bond acceptors (Lipinski definition) is 4. The fraction of sp³-hybridized carbons (Fsp3) is 0.316. The van der Waals surface area contributed by atoms with E-state index in [1.54, 1.807) is 12.1 Å². The number of amides is 1. The van der Waals surface area contributed by atoms with Gasteiger partial charge in [0.1, 0.15) is 0 Å². The summed E-state index contributed by atoms with van der Waals surface area (Å²) in [7, 11) is -0.541. The molecule has 0 heterocycles. The van der Waals surface area contributed by atoms with Crippen molar-refractivity contribution in [3.8, 4) is 0 Å². The number of sulfonamides is 1. The van der Waals surface area contributed by atoms with Gasteiger partial charge in [0.25, 0.3) is 0 Å². The first-order valence-corrected chi connectivity index (χ1v) is 9.74. The predicted molar refractivity (Wildman–Crippen MR) is 104 cm³/mol. The normalized spacial score (nSPS) is 11.4. The highest BCUT2D eigenvalue weighted by molar-refractivity contribution is 7.89. The number of nitrogens with one attached hydrogen (secondary N) is 2. The molecule has 0 spiro atoms. The second-order valence-corrected chi connectivity index (χ2v) is 8.47. The van der Waals surface area contributed by atoms with Crippen LogP contribution in [0.5, 0.6) is 0 Å². The van der Waals surface area contributed by atoms with Crippen LogP contribution in [-0.2, 0) is 21.4 Å². The average molecular weight is 375 g/mol. The maximum atomic E-state index is 12.4. The number of aryl methyl sites for hydroxylation is 1. The summed E-state index contributed by atoms with van der Waals surface area (Å²) in [6, 6.07) is 12.9. The van der Waals surface area contributed by atoms with Gasteiger partial charge in [-0.15, -0.1) is 0 Å². The molecule has 0 fully saturated rings. The van der Waals surface area contributed by atoms with Crippen LogP contribution in [0.3, 0.4) is 0 Å². The van der Waals surface area contributed by atoms with E-state index in [-0.39, 0.29) is 17.3 Å². The summed E-state index contributed by atoms with van der Waals surface area (Å²) >= 11 is 0.